The number of nitrogens with one attached hydrogen (secondary N) is 1. The van der Waals surface area contributed by atoms with Crippen molar-refractivity contribution in [3.8, 4) is 5.95 Å². The van der Waals surface area contributed by atoms with Crippen LogP contribution in [0.4, 0.5) is 5.95 Å². The van der Waals surface area contributed by atoms with E-state index in [0.29, 0.717) is 12.5 Å². The zero-order valence-corrected chi connectivity index (χ0v) is 12.7. The first-order valence-electron chi connectivity index (χ1n) is 6.74. The summed E-state index contributed by atoms with van der Waals surface area (Å²) in [5.41, 5.74) is -0.202. The maximum atomic E-state index is 9.57. The number of hydrogen-bond acceptors (Lipinski definition) is 7. The molecule has 0 spiro atoms. The zero-order chi connectivity index (χ0) is 15.3. The second-order valence-electron chi connectivity index (χ2n) is 4.79. The number of halogens is 1. The van der Waals surface area contributed by atoms with Crippen LogP contribution in [0.5, 0.6) is 0 Å². The molecule has 8 nitrogen and oxygen atoms in total. The van der Waals surface area contributed by atoms with Gasteiger partial charge in [0.15, 0.2) is 0 Å². The Bertz CT molecular complexity index is 563. The monoisotopic (exact) mass is 311 g/mol. The lowest BCUT2D eigenvalue weighted by atomic mass is 9.83. The fourth-order valence-corrected chi connectivity index (χ4v) is 2.03. The van der Waals surface area contributed by atoms with Crippen molar-refractivity contribution in [2.45, 2.75) is 26.7 Å². The van der Waals surface area contributed by atoms with Gasteiger partial charge in [0.25, 0.3) is 5.95 Å². The van der Waals surface area contributed by atoms with Gasteiger partial charge in [0.1, 0.15) is 12.7 Å². The van der Waals surface area contributed by atoms with Gasteiger partial charge in [-0.15, -0.1) is 0 Å². The molecular weight excluding hydrogens is 294 g/mol. The van der Waals surface area contributed by atoms with E-state index in [1.54, 1.807) is 0 Å². The second-order valence-corrected chi connectivity index (χ2v) is 5.12. The van der Waals surface area contributed by atoms with Crippen molar-refractivity contribution in [3.05, 3.63) is 17.9 Å². The molecule has 21 heavy (non-hydrogen) atoms. The standard InChI is InChI=1S/C12H18ClN7O/c1-3-12(4-2,6-21)5-15-10-17-9(13)18-11(19-10)20-8-14-7-16-20/h7-8,21H,3-6H2,1-2H3,(H,15,17,18,19). The van der Waals surface area contributed by atoms with Crippen LogP contribution in [0, 0.1) is 5.41 Å². The third kappa shape index (κ3) is 3.64. The molecule has 2 aromatic rings. The molecule has 0 amide bonds. The molecule has 2 heterocycles. The highest BCUT2D eigenvalue weighted by Crippen LogP contribution is 2.25. The molecule has 0 radical (unpaired) electrons. The van der Waals surface area contributed by atoms with E-state index < -0.39 is 0 Å². The van der Waals surface area contributed by atoms with Crippen LogP contribution < -0.4 is 5.32 Å². The van der Waals surface area contributed by atoms with E-state index in [4.69, 9.17) is 11.6 Å². The molecule has 0 aromatic carbocycles. The van der Waals surface area contributed by atoms with Crippen molar-refractivity contribution in [2.75, 3.05) is 18.5 Å². The van der Waals surface area contributed by atoms with Crippen LogP contribution in [0.3, 0.4) is 0 Å². The third-order valence-electron chi connectivity index (χ3n) is 3.68. The first-order chi connectivity index (χ1) is 10.1. The van der Waals surface area contributed by atoms with Crippen LogP contribution in [0.25, 0.3) is 5.95 Å². The Morgan fingerprint density at radius 1 is 1.29 bits per heavy atom. The number of rotatable bonds is 7. The number of hydrogen-bond donors (Lipinski definition) is 2. The summed E-state index contributed by atoms with van der Waals surface area (Å²) in [5, 5.41) is 16.7. The lowest BCUT2D eigenvalue weighted by Gasteiger charge is -2.29. The third-order valence-corrected chi connectivity index (χ3v) is 3.85. The molecule has 0 fully saturated rings. The number of aliphatic hydroxyl groups is 1. The molecule has 9 heteroatoms. The van der Waals surface area contributed by atoms with Gasteiger partial charge < -0.3 is 10.4 Å². The SMILES string of the molecule is CCC(CC)(CO)CNc1nc(Cl)nc(-n2cncn2)n1. The van der Waals surface area contributed by atoms with Crippen LogP contribution in [-0.2, 0) is 0 Å². The molecule has 0 bridgehead atoms. The Kier molecular flexibility index (Phi) is 5.03. The Hall–Kier alpha value is -1.80. The van der Waals surface area contributed by atoms with Crippen molar-refractivity contribution in [1.29, 1.82) is 0 Å². The van der Waals surface area contributed by atoms with Gasteiger partial charge in [0, 0.05) is 12.0 Å². The Balaban J connectivity index is 2.17. The predicted octanol–water partition coefficient (Wildman–Crippen LogP) is 1.32. The number of aliphatic hydroxyl groups excluding tert-OH is 1. The van der Waals surface area contributed by atoms with E-state index in [-0.39, 0.29) is 23.3 Å². The summed E-state index contributed by atoms with van der Waals surface area (Å²) in [6.45, 7) is 4.74. The molecule has 2 aromatic heterocycles. The largest absolute Gasteiger partial charge is 0.396 e. The molecule has 0 aliphatic heterocycles. The molecule has 0 saturated carbocycles. The van der Waals surface area contributed by atoms with E-state index in [2.05, 4.69) is 30.4 Å². The molecule has 2 rings (SSSR count). The molecule has 0 atom stereocenters. The maximum absolute atomic E-state index is 9.57. The molecule has 0 aliphatic rings. The smallest absolute Gasteiger partial charge is 0.258 e. The highest BCUT2D eigenvalue weighted by Gasteiger charge is 2.25. The topological polar surface area (TPSA) is 102 Å². The average molecular weight is 312 g/mol. The summed E-state index contributed by atoms with van der Waals surface area (Å²) >= 11 is 5.91. The van der Waals surface area contributed by atoms with Crippen molar-refractivity contribution in [3.63, 3.8) is 0 Å². The first-order valence-corrected chi connectivity index (χ1v) is 7.11. The molecular formula is C12H18ClN7O. The van der Waals surface area contributed by atoms with Crippen molar-refractivity contribution < 1.29 is 5.11 Å². The summed E-state index contributed by atoms with van der Waals surface area (Å²) in [6.07, 6.45) is 4.56. The van der Waals surface area contributed by atoms with Gasteiger partial charge >= 0.3 is 0 Å². The molecule has 0 saturated heterocycles. The maximum Gasteiger partial charge on any atom is 0.258 e. The number of anilines is 1. The van der Waals surface area contributed by atoms with E-state index in [0.717, 1.165) is 12.8 Å². The number of aromatic nitrogens is 6. The highest BCUT2D eigenvalue weighted by molar-refractivity contribution is 6.28. The van der Waals surface area contributed by atoms with Crippen LogP contribution in [0.2, 0.25) is 5.28 Å². The highest BCUT2D eigenvalue weighted by atomic mass is 35.5. The van der Waals surface area contributed by atoms with E-state index in [9.17, 15) is 5.11 Å². The fraction of sp³-hybridized carbons (Fsp3) is 0.583. The van der Waals surface area contributed by atoms with Gasteiger partial charge in [-0.1, -0.05) is 13.8 Å². The molecule has 0 unspecified atom stereocenters. The van der Waals surface area contributed by atoms with Gasteiger partial charge in [-0.05, 0) is 24.4 Å². The van der Waals surface area contributed by atoms with E-state index in [1.165, 1.54) is 17.3 Å². The van der Waals surface area contributed by atoms with Crippen molar-refractivity contribution >= 4 is 17.5 Å². The van der Waals surface area contributed by atoms with Crippen LogP contribution in [-0.4, -0.2) is 48.0 Å². The average Bonchev–Trinajstić information content (AvgIpc) is 3.03. The molecule has 114 valence electrons. The minimum Gasteiger partial charge on any atom is -0.396 e. The van der Waals surface area contributed by atoms with Gasteiger partial charge in [-0.25, -0.2) is 4.98 Å². The van der Waals surface area contributed by atoms with E-state index >= 15 is 0 Å². The van der Waals surface area contributed by atoms with Crippen LogP contribution in [0.1, 0.15) is 26.7 Å². The summed E-state index contributed by atoms with van der Waals surface area (Å²) in [5.74, 6) is 0.637. The Labute approximate surface area is 127 Å². The summed E-state index contributed by atoms with van der Waals surface area (Å²) in [6, 6.07) is 0. The van der Waals surface area contributed by atoms with Gasteiger partial charge in [-0.3, -0.25) is 0 Å². The van der Waals surface area contributed by atoms with Crippen LogP contribution in [0.15, 0.2) is 12.7 Å². The molecule has 2 N–H and O–H groups in total. The fourth-order valence-electron chi connectivity index (χ4n) is 1.88. The Morgan fingerprint density at radius 3 is 2.62 bits per heavy atom. The van der Waals surface area contributed by atoms with E-state index in [1.807, 2.05) is 13.8 Å². The van der Waals surface area contributed by atoms with Gasteiger partial charge in [0.05, 0.1) is 6.61 Å². The normalized spacial score (nSPS) is 11.6. The quantitative estimate of drug-likeness (QED) is 0.795. The zero-order valence-electron chi connectivity index (χ0n) is 12.0. The summed E-state index contributed by atoms with van der Waals surface area (Å²) in [4.78, 5) is 16.1. The number of nitrogens with zero attached hydrogens (tertiary/aromatic N) is 6. The predicted molar refractivity (Wildman–Crippen MR) is 78.3 cm³/mol. The minimum atomic E-state index is -0.202. The minimum absolute atomic E-state index is 0.0700. The van der Waals surface area contributed by atoms with Gasteiger partial charge in [-0.2, -0.15) is 24.7 Å². The molecule has 0 aliphatic carbocycles. The van der Waals surface area contributed by atoms with Crippen molar-refractivity contribution in [1.82, 2.24) is 29.7 Å². The van der Waals surface area contributed by atoms with Crippen LogP contribution >= 0.6 is 11.6 Å². The van der Waals surface area contributed by atoms with Crippen molar-refractivity contribution in [2.24, 2.45) is 5.41 Å². The second kappa shape index (κ2) is 6.77. The summed E-state index contributed by atoms with van der Waals surface area (Å²) in [7, 11) is 0. The lowest BCUT2D eigenvalue weighted by Crippen LogP contribution is -2.32. The first kappa shape index (κ1) is 15.6. The lowest BCUT2D eigenvalue weighted by molar-refractivity contribution is 0.127. The Morgan fingerprint density at radius 2 is 2.05 bits per heavy atom. The summed E-state index contributed by atoms with van der Waals surface area (Å²) < 4.78 is 1.40. The van der Waals surface area contributed by atoms with Gasteiger partial charge in [0.2, 0.25) is 11.2 Å².